The highest BCUT2D eigenvalue weighted by atomic mass is 127. The molecule has 0 N–H and O–H groups in total. The third-order valence-electron chi connectivity index (χ3n) is 2.09. The van der Waals surface area contributed by atoms with E-state index in [1.807, 2.05) is 16.2 Å². The van der Waals surface area contributed by atoms with Gasteiger partial charge in [0.15, 0.2) is 0 Å². The van der Waals surface area contributed by atoms with Crippen LogP contribution in [0.4, 0.5) is 0 Å². The zero-order valence-electron chi connectivity index (χ0n) is 9.67. The lowest BCUT2D eigenvalue weighted by atomic mass is 9.95. The largest absolute Gasteiger partial charge is 0.461 e. The fourth-order valence-electron chi connectivity index (χ4n) is 1.07. The molecule has 0 amide bonds. The summed E-state index contributed by atoms with van der Waals surface area (Å²) in [6.07, 6.45) is 0. The van der Waals surface area contributed by atoms with Crippen molar-refractivity contribution in [2.45, 2.75) is 27.7 Å². The minimum atomic E-state index is 0.0477. The molecule has 0 fully saturated rings. The number of allylic oxidation sites excluding steroid dienone is 1. The van der Waals surface area contributed by atoms with E-state index in [1.165, 1.54) is 5.56 Å². The smallest absolute Gasteiger partial charge is 0.127 e. The number of ether oxygens (including phenoxy) is 1. The van der Waals surface area contributed by atoms with E-state index in [-0.39, 0.29) is 5.41 Å². The zero-order valence-corrected chi connectivity index (χ0v) is 11.8. The molecule has 0 aromatic heterocycles. The molecule has 0 bridgehead atoms. The first kappa shape index (κ1) is 12.6. The second kappa shape index (κ2) is 5.01. The summed E-state index contributed by atoms with van der Waals surface area (Å²) < 4.78 is 7.83. The Morgan fingerprint density at radius 1 is 1.20 bits per heavy atom. The standard InChI is InChI=1S/C13H17IO/c1-10-5-7-11(8-6-10)15-12(9-14)13(2,3)4/h5-9H,1-4H3/b12-9+. The first-order valence-electron chi connectivity index (χ1n) is 4.99. The minimum Gasteiger partial charge on any atom is -0.461 e. The van der Waals surface area contributed by atoms with Crippen LogP contribution in [0.1, 0.15) is 26.3 Å². The van der Waals surface area contributed by atoms with E-state index in [9.17, 15) is 0 Å². The molecule has 1 rings (SSSR count). The maximum Gasteiger partial charge on any atom is 0.127 e. The lowest BCUT2D eigenvalue weighted by molar-refractivity contribution is 0.296. The lowest BCUT2D eigenvalue weighted by Gasteiger charge is -2.22. The molecule has 2 heteroatoms. The van der Waals surface area contributed by atoms with Crippen molar-refractivity contribution in [2.75, 3.05) is 0 Å². The average molecular weight is 316 g/mol. The normalized spacial score (nSPS) is 12.7. The first-order valence-corrected chi connectivity index (χ1v) is 6.23. The number of hydrogen-bond donors (Lipinski definition) is 0. The molecule has 0 spiro atoms. The van der Waals surface area contributed by atoms with Gasteiger partial charge in [0.2, 0.25) is 0 Å². The summed E-state index contributed by atoms with van der Waals surface area (Å²) in [6, 6.07) is 8.12. The molecule has 0 aliphatic rings. The monoisotopic (exact) mass is 316 g/mol. The van der Waals surface area contributed by atoms with E-state index in [2.05, 4.69) is 62.4 Å². The van der Waals surface area contributed by atoms with Gasteiger partial charge in [-0.25, -0.2) is 0 Å². The van der Waals surface area contributed by atoms with Crippen molar-refractivity contribution in [3.8, 4) is 5.75 Å². The van der Waals surface area contributed by atoms with E-state index in [0.717, 1.165) is 11.5 Å². The van der Waals surface area contributed by atoms with E-state index in [0.29, 0.717) is 0 Å². The SMILES string of the molecule is Cc1ccc(O/C(=C/I)C(C)(C)C)cc1. The molecule has 0 saturated carbocycles. The molecular formula is C13H17IO. The Balaban J connectivity index is 2.81. The van der Waals surface area contributed by atoms with Crippen LogP contribution in [0.3, 0.4) is 0 Å². The molecule has 1 nitrogen and oxygen atoms in total. The highest BCUT2D eigenvalue weighted by molar-refractivity contribution is 14.1. The molecule has 0 aliphatic carbocycles. The summed E-state index contributed by atoms with van der Waals surface area (Å²) in [7, 11) is 0. The van der Waals surface area contributed by atoms with Crippen LogP contribution in [0.5, 0.6) is 5.75 Å². The van der Waals surface area contributed by atoms with Gasteiger partial charge in [0.1, 0.15) is 11.5 Å². The van der Waals surface area contributed by atoms with E-state index < -0.39 is 0 Å². The fraction of sp³-hybridized carbons (Fsp3) is 0.385. The summed E-state index contributed by atoms with van der Waals surface area (Å²) in [6.45, 7) is 8.51. The van der Waals surface area contributed by atoms with Gasteiger partial charge < -0.3 is 4.74 Å². The molecule has 0 radical (unpaired) electrons. The highest BCUT2D eigenvalue weighted by Crippen LogP contribution is 2.29. The third-order valence-corrected chi connectivity index (χ3v) is 2.65. The Labute approximate surface area is 106 Å². The van der Waals surface area contributed by atoms with Crippen LogP contribution in [-0.4, -0.2) is 0 Å². The molecule has 82 valence electrons. The maximum atomic E-state index is 5.84. The Hall–Kier alpha value is -0.510. The second-order valence-corrected chi connectivity index (χ2v) is 5.26. The van der Waals surface area contributed by atoms with Crippen LogP contribution in [-0.2, 0) is 0 Å². The van der Waals surface area contributed by atoms with Crippen LogP contribution >= 0.6 is 22.6 Å². The number of aryl methyl sites for hydroxylation is 1. The van der Waals surface area contributed by atoms with Crippen LogP contribution in [0.15, 0.2) is 34.1 Å². The summed E-state index contributed by atoms with van der Waals surface area (Å²) in [4.78, 5) is 0. The molecule has 15 heavy (non-hydrogen) atoms. The summed E-state index contributed by atoms with van der Waals surface area (Å²) in [5.74, 6) is 1.89. The number of benzene rings is 1. The molecule has 1 aromatic carbocycles. The number of hydrogen-bond acceptors (Lipinski definition) is 1. The first-order chi connectivity index (χ1) is 6.93. The molecule has 0 unspecified atom stereocenters. The van der Waals surface area contributed by atoms with Crippen LogP contribution in [0, 0.1) is 12.3 Å². The van der Waals surface area contributed by atoms with Crippen molar-refractivity contribution in [1.82, 2.24) is 0 Å². The van der Waals surface area contributed by atoms with Gasteiger partial charge in [-0.05, 0) is 41.6 Å². The van der Waals surface area contributed by atoms with Gasteiger partial charge in [-0.3, -0.25) is 0 Å². The Kier molecular flexibility index (Phi) is 4.20. The summed E-state index contributed by atoms with van der Waals surface area (Å²) in [5.41, 5.74) is 1.30. The van der Waals surface area contributed by atoms with E-state index >= 15 is 0 Å². The van der Waals surface area contributed by atoms with Crippen molar-refractivity contribution in [1.29, 1.82) is 0 Å². The van der Waals surface area contributed by atoms with Gasteiger partial charge >= 0.3 is 0 Å². The topological polar surface area (TPSA) is 9.23 Å². The molecule has 0 heterocycles. The molecule has 0 atom stereocenters. The Bertz CT molecular complexity index is 344. The maximum absolute atomic E-state index is 5.84. The van der Waals surface area contributed by atoms with Crippen LogP contribution in [0.25, 0.3) is 0 Å². The zero-order chi connectivity index (χ0) is 11.5. The number of halogens is 1. The fourth-order valence-corrected chi connectivity index (χ4v) is 2.13. The van der Waals surface area contributed by atoms with E-state index in [1.54, 1.807) is 0 Å². The number of rotatable bonds is 2. The molecule has 0 saturated heterocycles. The predicted molar refractivity (Wildman–Crippen MR) is 73.4 cm³/mol. The molecule has 0 aliphatic heterocycles. The van der Waals surface area contributed by atoms with Gasteiger partial charge in [0.25, 0.3) is 0 Å². The van der Waals surface area contributed by atoms with Crippen LogP contribution in [0.2, 0.25) is 0 Å². The Morgan fingerprint density at radius 2 is 1.73 bits per heavy atom. The summed E-state index contributed by atoms with van der Waals surface area (Å²) in [5, 5.41) is 0. The summed E-state index contributed by atoms with van der Waals surface area (Å²) >= 11 is 2.22. The lowest BCUT2D eigenvalue weighted by Crippen LogP contribution is -2.14. The molecular weight excluding hydrogens is 299 g/mol. The molecule has 1 aromatic rings. The highest BCUT2D eigenvalue weighted by Gasteiger charge is 2.18. The van der Waals surface area contributed by atoms with Gasteiger partial charge in [-0.2, -0.15) is 0 Å². The van der Waals surface area contributed by atoms with Gasteiger partial charge in [0.05, 0.1) is 0 Å². The van der Waals surface area contributed by atoms with E-state index in [4.69, 9.17) is 4.74 Å². The van der Waals surface area contributed by atoms with Crippen molar-refractivity contribution >= 4 is 22.6 Å². The van der Waals surface area contributed by atoms with Crippen molar-refractivity contribution < 1.29 is 4.74 Å². The van der Waals surface area contributed by atoms with Crippen molar-refractivity contribution in [3.63, 3.8) is 0 Å². The van der Waals surface area contributed by atoms with Gasteiger partial charge in [-0.1, -0.05) is 38.5 Å². The van der Waals surface area contributed by atoms with Gasteiger partial charge in [0, 0.05) is 9.50 Å². The third kappa shape index (κ3) is 3.86. The van der Waals surface area contributed by atoms with Crippen LogP contribution < -0.4 is 4.74 Å². The second-order valence-electron chi connectivity index (χ2n) is 4.64. The average Bonchev–Trinajstić information content (AvgIpc) is 2.15. The quantitative estimate of drug-likeness (QED) is 0.568. The Morgan fingerprint density at radius 3 is 2.13 bits per heavy atom. The van der Waals surface area contributed by atoms with Crippen molar-refractivity contribution in [3.05, 3.63) is 39.7 Å². The van der Waals surface area contributed by atoms with Gasteiger partial charge in [-0.15, -0.1) is 0 Å². The predicted octanol–water partition coefficient (Wildman–Crippen LogP) is 4.70. The van der Waals surface area contributed by atoms with Crippen molar-refractivity contribution in [2.24, 2.45) is 5.41 Å². The minimum absolute atomic E-state index is 0.0477.